The standard InChI is InChI=1S/C26H31Cl2NO4/c1-25(2)17-9-10-26(25,3)21(13-17)33-24(31)15-5-7-19(8-6-15)29-22(32-4)12-16-11-18(27)14-20(28)23(16)30/h5-8,11,14,17,21-22,29-30H,9-10,12-13H2,1-4H3. The van der Waals surface area contributed by atoms with Gasteiger partial charge in [0.2, 0.25) is 0 Å². The molecule has 33 heavy (non-hydrogen) atoms. The van der Waals surface area contributed by atoms with Crippen LogP contribution in [0.4, 0.5) is 5.69 Å². The van der Waals surface area contributed by atoms with E-state index in [1.54, 1.807) is 25.3 Å². The van der Waals surface area contributed by atoms with Gasteiger partial charge in [0.05, 0.1) is 10.6 Å². The van der Waals surface area contributed by atoms with Crippen molar-refractivity contribution in [1.29, 1.82) is 0 Å². The molecule has 2 saturated carbocycles. The monoisotopic (exact) mass is 491 g/mol. The molecule has 0 saturated heterocycles. The van der Waals surface area contributed by atoms with Crippen LogP contribution in [0, 0.1) is 16.7 Å². The minimum absolute atomic E-state index is 0.0134. The Morgan fingerprint density at radius 1 is 1.21 bits per heavy atom. The zero-order chi connectivity index (χ0) is 24.0. The maximum absolute atomic E-state index is 12.8. The van der Waals surface area contributed by atoms with Crippen LogP contribution < -0.4 is 5.32 Å². The smallest absolute Gasteiger partial charge is 0.338 e. The molecule has 178 valence electrons. The molecule has 0 heterocycles. The lowest BCUT2D eigenvalue weighted by atomic mass is 9.70. The second-order valence-corrected chi connectivity index (χ2v) is 10.9. The Balaban J connectivity index is 1.39. The zero-order valence-corrected chi connectivity index (χ0v) is 21.0. The topological polar surface area (TPSA) is 67.8 Å². The van der Waals surface area contributed by atoms with Gasteiger partial charge in [-0.3, -0.25) is 0 Å². The van der Waals surface area contributed by atoms with E-state index in [2.05, 4.69) is 26.1 Å². The van der Waals surface area contributed by atoms with Gasteiger partial charge in [-0.05, 0) is 67.0 Å². The lowest BCUT2D eigenvalue weighted by Crippen LogP contribution is -2.38. The SMILES string of the molecule is COC(Cc1cc(Cl)cc(Cl)c1O)Nc1ccc(C(=O)OC2CC3CCC2(C)C3(C)C)cc1. The second kappa shape index (κ2) is 9.01. The van der Waals surface area contributed by atoms with Crippen molar-refractivity contribution >= 4 is 34.9 Å². The third kappa shape index (κ3) is 4.43. The number of nitrogens with one attached hydrogen (secondary N) is 1. The van der Waals surface area contributed by atoms with E-state index in [9.17, 15) is 9.90 Å². The highest BCUT2D eigenvalue weighted by Gasteiger charge is 2.62. The van der Waals surface area contributed by atoms with Crippen LogP contribution in [0.25, 0.3) is 0 Å². The summed E-state index contributed by atoms with van der Waals surface area (Å²) in [6.07, 6.45) is 3.16. The minimum atomic E-state index is -0.431. The van der Waals surface area contributed by atoms with Gasteiger partial charge in [0.25, 0.3) is 0 Å². The number of carbonyl (C=O) groups is 1. The molecule has 0 radical (unpaired) electrons. The van der Waals surface area contributed by atoms with Crippen LogP contribution in [0.1, 0.15) is 56.0 Å². The molecule has 7 heteroatoms. The molecule has 0 spiro atoms. The number of phenols is 1. The fourth-order valence-corrected chi connectivity index (χ4v) is 6.10. The molecule has 2 fully saturated rings. The Morgan fingerprint density at radius 2 is 1.91 bits per heavy atom. The van der Waals surface area contributed by atoms with Crippen LogP contribution in [0.15, 0.2) is 36.4 Å². The van der Waals surface area contributed by atoms with Crippen molar-refractivity contribution in [2.75, 3.05) is 12.4 Å². The predicted octanol–water partition coefficient (Wildman–Crippen LogP) is 6.70. The molecule has 2 aromatic carbocycles. The molecule has 4 rings (SSSR count). The van der Waals surface area contributed by atoms with Crippen LogP contribution in [0.5, 0.6) is 5.75 Å². The minimum Gasteiger partial charge on any atom is -0.506 e. The Labute approximate surface area is 205 Å². The van der Waals surface area contributed by atoms with Crippen molar-refractivity contribution in [3.63, 3.8) is 0 Å². The summed E-state index contributed by atoms with van der Waals surface area (Å²) in [4.78, 5) is 12.8. The van der Waals surface area contributed by atoms with E-state index < -0.39 is 6.23 Å². The maximum Gasteiger partial charge on any atom is 0.338 e. The summed E-state index contributed by atoms with van der Waals surface area (Å²) < 4.78 is 11.5. The molecule has 0 aliphatic heterocycles. The number of benzene rings is 2. The number of carbonyl (C=O) groups excluding carboxylic acids is 1. The quantitative estimate of drug-likeness (QED) is 0.333. The molecular formula is C26H31Cl2NO4. The van der Waals surface area contributed by atoms with Gasteiger partial charge in [0, 0.05) is 35.2 Å². The first kappa shape index (κ1) is 24.2. The number of phenolic OH excluding ortho intramolecular Hbond substituents is 1. The van der Waals surface area contributed by atoms with Crippen molar-refractivity contribution in [1.82, 2.24) is 0 Å². The predicted molar refractivity (Wildman–Crippen MR) is 131 cm³/mol. The fraction of sp³-hybridized carbons (Fsp3) is 0.500. The first-order chi connectivity index (χ1) is 15.5. The molecule has 0 aromatic heterocycles. The van der Waals surface area contributed by atoms with Crippen molar-refractivity contribution < 1.29 is 19.4 Å². The van der Waals surface area contributed by atoms with Crippen molar-refractivity contribution in [3.8, 4) is 5.75 Å². The molecule has 2 bridgehead atoms. The van der Waals surface area contributed by atoms with Gasteiger partial charge in [0.15, 0.2) is 0 Å². The van der Waals surface area contributed by atoms with E-state index in [1.807, 2.05) is 12.1 Å². The second-order valence-electron chi connectivity index (χ2n) is 10.0. The highest BCUT2D eigenvalue weighted by atomic mass is 35.5. The Kier molecular flexibility index (Phi) is 6.60. The van der Waals surface area contributed by atoms with Crippen LogP contribution in [-0.2, 0) is 15.9 Å². The summed E-state index contributed by atoms with van der Waals surface area (Å²) in [6, 6.07) is 10.3. The number of esters is 1. The molecule has 5 nitrogen and oxygen atoms in total. The van der Waals surface area contributed by atoms with Gasteiger partial charge < -0.3 is 19.9 Å². The van der Waals surface area contributed by atoms with Gasteiger partial charge >= 0.3 is 5.97 Å². The van der Waals surface area contributed by atoms with Gasteiger partial charge in [-0.2, -0.15) is 0 Å². The number of rotatable bonds is 7. The molecule has 2 aliphatic rings. The van der Waals surface area contributed by atoms with Crippen molar-refractivity contribution in [2.45, 2.75) is 58.8 Å². The van der Waals surface area contributed by atoms with Crippen LogP contribution >= 0.6 is 23.2 Å². The van der Waals surface area contributed by atoms with Crippen LogP contribution in [0.2, 0.25) is 10.0 Å². The average Bonchev–Trinajstić information content (AvgIpc) is 3.10. The van der Waals surface area contributed by atoms with Crippen molar-refractivity contribution in [2.24, 2.45) is 16.7 Å². The summed E-state index contributed by atoms with van der Waals surface area (Å²) >= 11 is 12.1. The summed E-state index contributed by atoms with van der Waals surface area (Å²) in [6.45, 7) is 6.88. The van der Waals surface area contributed by atoms with E-state index in [1.165, 1.54) is 12.5 Å². The maximum atomic E-state index is 12.8. The number of methoxy groups -OCH3 is 1. The molecule has 2 aliphatic carbocycles. The van der Waals surface area contributed by atoms with Crippen LogP contribution in [0.3, 0.4) is 0 Å². The molecular weight excluding hydrogens is 461 g/mol. The molecule has 2 aromatic rings. The lowest BCUT2D eigenvalue weighted by Gasteiger charge is -2.38. The Hall–Kier alpha value is -1.95. The highest BCUT2D eigenvalue weighted by Crippen LogP contribution is 2.66. The first-order valence-corrected chi connectivity index (χ1v) is 12.1. The van der Waals surface area contributed by atoms with E-state index >= 15 is 0 Å². The Morgan fingerprint density at radius 3 is 2.48 bits per heavy atom. The van der Waals surface area contributed by atoms with Gasteiger partial charge in [-0.25, -0.2) is 4.79 Å². The molecule has 2 N–H and O–H groups in total. The zero-order valence-electron chi connectivity index (χ0n) is 19.5. The van der Waals surface area contributed by atoms with Gasteiger partial charge in [0.1, 0.15) is 18.1 Å². The number of halogens is 2. The number of ether oxygens (including phenoxy) is 2. The highest BCUT2D eigenvalue weighted by molar-refractivity contribution is 6.35. The lowest BCUT2D eigenvalue weighted by molar-refractivity contribution is -0.0242. The Bertz CT molecular complexity index is 1040. The number of hydrogen-bond donors (Lipinski definition) is 2. The van der Waals surface area contributed by atoms with Gasteiger partial charge in [-0.15, -0.1) is 0 Å². The number of aromatic hydroxyl groups is 1. The molecule has 0 amide bonds. The van der Waals surface area contributed by atoms with Gasteiger partial charge in [-0.1, -0.05) is 44.0 Å². The number of hydrogen-bond acceptors (Lipinski definition) is 5. The third-order valence-electron chi connectivity index (χ3n) is 8.21. The summed E-state index contributed by atoms with van der Waals surface area (Å²) in [5.41, 5.74) is 2.11. The fourth-order valence-electron chi connectivity index (χ4n) is 5.56. The van der Waals surface area contributed by atoms with E-state index in [0.717, 1.165) is 18.5 Å². The third-order valence-corrected chi connectivity index (χ3v) is 8.71. The molecule has 4 atom stereocenters. The number of fused-ring (bicyclic) bond motifs is 2. The first-order valence-electron chi connectivity index (χ1n) is 11.3. The van der Waals surface area contributed by atoms with E-state index in [-0.39, 0.29) is 33.7 Å². The largest absolute Gasteiger partial charge is 0.506 e. The van der Waals surface area contributed by atoms with E-state index in [0.29, 0.717) is 28.5 Å². The average molecular weight is 492 g/mol. The van der Waals surface area contributed by atoms with E-state index in [4.69, 9.17) is 32.7 Å². The normalized spacial score (nSPS) is 26.2. The number of anilines is 1. The van der Waals surface area contributed by atoms with Crippen molar-refractivity contribution in [3.05, 3.63) is 57.6 Å². The molecule has 4 unspecified atom stereocenters. The summed E-state index contributed by atoms with van der Waals surface area (Å²) in [5, 5.41) is 14.1. The summed E-state index contributed by atoms with van der Waals surface area (Å²) in [7, 11) is 1.57. The summed E-state index contributed by atoms with van der Waals surface area (Å²) in [5.74, 6) is 0.324. The van der Waals surface area contributed by atoms with Crippen LogP contribution in [-0.4, -0.2) is 30.5 Å².